The van der Waals surface area contributed by atoms with Crippen molar-refractivity contribution in [3.63, 3.8) is 0 Å². The summed E-state index contributed by atoms with van der Waals surface area (Å²) in [5.41, 5.74) is 2.90. The van der Waals surface area contributed by atoms with Crippen LogP contribution in [0.5, 0.6) is 0 Å². The van der Waals surface area contributed by atoms with E-state index in [2.05, 4.69) is 5.32 Å². The van der Waals surface area contributed by atoms with Gasteiger partial charge in [-0.1, -0.05) is 54.6 Å². The fraction of sp³-hybridized carbons (Fsp3) is 0.333. The maximum Gasteiger partial charge on any atom is 0.414 e. The Bertz CT molecular complexity index is 1470. The molecule has 0 bridgehead atoms. The van der Waals surface area contributed by atoms with Crippen LogP contribution in [0.25, 0.3) is 11.1 Å². The minimum Gasteiger partial charge on any atom is -0.442 e. The van der Waals surface area contributed by atoms with Gasteiger partial charge in [0.2, 0.25) is 5.91 Å². The van der Waals surface area contributed by atoms with Gasteiger partial charge in [-0.25, -0.2) is 17.6 Å². The lowest BCUT2D eigenvalue weighted by molar-refractivity contribution is -0.119. The molecular weight excluding hydrogens is 549 g/mol. The summed E-state index contributed by atoms with van der Waals surface area (Å²) >= 11 is 0. The third-order valence-electron chi connectivity index (χ3n) is 6.78. The largest absolute Gasteiger partial charge is 0.442 e. The minimum atomic E-state index is -3.18. The number of aliphatic hydroxyl groups excluding tert-OH is 1. The zero-order chi connectivity index (χ0) is 29.6. The molecule has 0 aliphatic carbocycles. The fourth-order valence-electron chi connectivity index (χ4n) is 4.61. The summed E-state index contributed by atoms with van der Waals surface area (Å²) in [7, 11) is -3.18. The van der Waals surface area contributed by atoms with Gasteiger partial charge in [0, 0.05) is 38.4 Å². The van der Waals surface area contributed by atoms with E-state index in [1.54, 1.807) is 36.4 Å². The lowest BCUT2D eigenvalue weighted by Gasteiger charge is -2.25. The van der Waals surface area contributed by atoms with E-state index in [0.29, 0.717) is 28.9 Å². The molecule has 1 heterocycles. The molecule has 2 unspecified atom stereocenters. The van der Waals surface area contributed by atoms with Crippen molar-refractivity contribution < 1.29 is 32.2 Å². The monoisotopic (exact) mass is 583 g/mol. The number of halogens is 1. The van der Waals surface area contributed by atoms with Gasteiger partial charge in [-0.3, -0.25) is 14.6 Å². The number of sulfone groups is 1. The number of nitrogens with one attached hydrogen (secondary N) is 1. The predicted molar refractivity (Wildman–Crippen MR) is 155 cm³/mol. The Balaban J connectivity index is 1.43. The van der Waals surface area contributed by atoms with Crippen LogP contribution in [-0.2, 0) is 25.9 Å². The third-order valence-corrected chi connectivity index (χ3v) is 7.71. The molecule has 0 saturated carbocycles. The molecule has 1 fully saturated rings. The Hall–Kier alpha value is -3.80. The van der Waals surface area contributed by atoms with Gasteiger partial charge in [-0.05, 0) is 34.9 Å². The summed E-state index contributed by atoms with van der Waals surface area (Å²) in [6.45, 7) is 2.73. The van der Waals surface area contributed by atoms with E-state index in [4.69, 9.17) is 4.74 Å². The van der Waals surface area contributed by atoms with E-state index in [1.807, 2.05) is 35.2 Å². The molecule has 1 saturated heterocycles. The van der Waals surface area contributed by atoms with Crippen molar-refractivity contribution in [3.8, 4) is 11.1 Å². The number of amides is 2. The zero-order valence-electron chi connectivity index (χ0n) is 23.0. The van der Waals surface area contributed by atoms with Crippen molar-refractivity contribution in [2.24, 2.45) is 0 Å². The summed E-state index contributed by atoms with van der Waals surface area (Å²) < 4.78 is 43.9. The number of benzene rings is 3. The van der Waals surface area contributed by atoms with Crippen LogP contribution >= 0.6 is 0 Å². The predicted octanol–water partition coefficient (Wildman–Crippen LogP) is 3.53. The topological polar surface area (TPSA) is 116 Å². The molecule has 0 spiro atoms. The zero-order valence-corrected chi connectivity index (χ0v) is 23.8. The lowest BCUT2D eigenvalue weighted by Crippen LogP contribution is -2.33. The molecule has 9 nitrogen and oxygen atoms in total. The number of aliphatic hydroxyl groups is 1. The average Bonchev–Trinajstić information content (AvgIpc) is 3.31. The molecule has 41 heavy (non-hydrogen) atoms. The molecule has 11 heteroatoms. The number of ether oxygens (including phenoxy) is 1. The number of nitrogens with zero attached hydrogens (tertiary/aromatic N) is 2. The second-order valence-corrected chi connectivity index (χ2v) is 12.5. The highest BCUT2D eigenvalue weighted by Crippen LogP contribution is 2.30. The first kappa shape index (κ1) is 30.2. The summed E-state index contributed by atoms with van der Waals surface area (Å²) in [4.78, 5) is 26.6. The maximum absolute atomic E-state index is 15.1. The second-order valence-electron chi connectivity index (χ2n) is 10.2. The molecule has 4 rings (SSSR count). The first-order valence-electron chi connectivity index (χ1n) is 13.2. The fourth-order valence-corrected chi connectivity index (χ4v) is 5.20. The molecule has 3 aromatic rings. The van der Waals surface area contributed by atoms with Gasteiger partial charge >= 0.3 is 6.09 Å². The van der Waals surface area contributed by atoms with Gasteiger partial charge in [-0.2, -0.15) is 0 Å². The van der Waals surface area contributed by atoms with Gasteiger partial charge < -0.3 is 15.2 Å². The number of hydrogen-bond donors (Lipinski definition) is 2. The molecular formula is C30H34FN3O6S. The van der Waals surface area contributed by atoms with E-state index in [-0.39, 0.29) is 37.8 Å². The molecule has 0 aromatic heterocycles. The second kappa shape index (κ2) is 13.2. The number of carbonyl (C=O) groups is 2. The van der Waals surface area contributed by atoms with Crippen molar-refractivity contribution in [1.29, 1.82) is 0 Å². The van der Waals surface area contributed by atoms with Crippen LogP contribution in [0.15, 0.2) is 72.8 Å². The lowest BCUT2D eigenvalue weighted by atomic mass is 10.0. The Labute approximate surface area is 239 Å². The van der Waals surface area contributed by atoms with Gasteiger partial charge in [-0.15, -0.1) is 0 Å². The van der Waals surface area contributed by atoms with E-state index in [9.17, 15) is 23.1 Å². The number of anilines is 1. The molecule has 218 valence electrons. The summed E-state index contributed by atoms with van der Waals surface area (Å²) in [5, 5.41) is 13.6. The first-order chi connectivity index (χ1) is 19.5. The first-order valence-corrected chi connectivity index (χ1v) is 15.3. The molecule has 1 aliphatic rings. The quantitative estimate of drug-likeness (QED) is 0.335. The summed E-state index contributed by atoms with van der Waals surface area (Å²) in [6, 6.07) is 21.0. The highest BCUT2D eigenvalue weighted by molar-refractivity contribution is 7.90. The Kier molecular flexibility index (Phi) is 9.74. The molecule has 3 aromatic carbocycles. The smallest absolute Gasteiger partial charge is 0.414 e. The highest BCUT2D eigenvalue weighted by atomic mass is 32.2. The van der Waals surface area contributed by atoms with Crippen LogP contribution < -0.4 is 10.2 Å². The van der Waals surface area contributed by atoms with Crippen LogP contribution in [-0.4, -0.2) is 74.7 Å². The van der Waals surface area contributed by atoms with E-state index in [0.717, 1.165) is 5.56 Å². The maximum atomic E-state index is 15.1. The number of hydrogen-bond acceptors (Lipinski definition) is 7. The minimum absolute atomic E-state index is 0.0220. The van der Waals surface area contributed by atoms with Gasteiger partial charge in [0.25, 0.3) is 0 Å². The SMILES string of the molecule is CC(=O)NCC1CN(c2ccc(-c3ccc(C(O)CN(CCS(C)(=O)=O)Cc4ccccc4)cc3)c(F)c2)C(=O)O1. The summed E-state index contributed by atoms with van der Waals surface area (Å²) in [5.74, 6) is -0.778. The van der Waals surface area contributed by atoms with Crippen molar-refractivity contribution in [2.75, 3.05) is 43.1 Å². The number of rotatable bonds is 12. The molecule has 2 amide bonds. The van der Waals surface area contributed by atoms with Crippen LogP contribution in [0.2, 0.25) is 0 Å². The highest BCUT2D eigenvalue weighted by Gasteiger charge is 2.32. The molecule has 2 N–H and O–H groups in total. The normalized spacial score (nSPS) is 16.1. The Morgan fingerprint density at radius 1 is 1.15 bits per heavy atom. The average molecular weight is 584 g/mol. The van der Waals surface area contributed by atoms with Crippen LogP contribution in [0.4, 0.5) is 14.9 Å². The van der Waals surface area contributed by atoms with E-state index in [1.165, 1.54) is 24.1 Å². The number of cyclic esters (lactones) is 1. The summed E-state index contributed by atoms with van der Waals surface area (Å²) in [6.07, 6.45) is -0.825. The Morgan fingerprint density at radius 2 is 1.85 bits per heavy atom. The molecule has 2 atom stereocenters. The van der Waals surface area contributed by atoms with Gasteiger partial charge in [0.1, 0.15) is 21.8 Å². The van der Waals surface area contributed by atoms with Crippen LogP contribution in [0.1, 0.15) is 24.2 Å². The molecule has 0 radical (unpaired) electrons. The van der Waals surface area contributed by atoms with Gasteiger partial charge in [0.05, 0.1) is 30.6 Å². The van der Waals surface area contributed by atoms with Crippen molar-refractivity contribution >= 4 is 27.5 Å². The number of carbonyl (C=O) groups excluding carboxylic acids is 2. The third kappa shape index (κ3) is 8.59. The van der Waals surface area contributed by atoms with E-state index >= 15 is 4.39 Å². The Morgan fingerprint density at radius 3 is 2.49 bits per heavy atom. The van der Waals surface area contributed by atoms with Gasteiger partial charge in [0.15, 0.2) is 0 Å². The van der Waals surface area contributed by atoms with Crippen molar-refractivity contribution in [2.45, 2.75) is 25.7 Å². The van der Waals surface area contributed by atoms with Crippen LogP contribution in [0.3, 0.4) is 0 Å². The van der Waals surface area contributed by atoms with Crippen molar-refractivity contribution in [1.82, 2.24) is 10.2 Å². The molecule has 1 aliphatic heterocycles. The van der Waals surface area contributed by atoms with E-state index < -0.39 is 34.0 Å². The standard InChI is InChI=1S/C30H34FN3O6S/c1-21(35)32-17-26-19-34(30(37)40-26)25-12-13-27(28(31)16-25)23-8-10-24(11-9-23)29(36)20-33(14-15-41(2,38)39)18-22-6-4-3-5-7-22/h3-13,16,26,29,36H,14-15,17-20H2,1-2H3,(H,32,35). The van der Waals surface area contributed by atoms with Crippen molar-refractivity contribution in [3.05, 3.63) is 89.7 Å². The van der Waals surface area contributed by atoms with Crippen LogP contribution in [0, 0.1) is 5.82 Å².